The molecule has 0 atom stereocenters. The van der Waals surface area contributed by atoms with E-state index in [0.717, 1.165) is 0 Å². The molecule has 0 aliphatic rings. The SMILES string of the molecule is CCOC(=O)C(C)(C(=O)OCC)c1ccc(OC)cc1. The summed E-state index contributed by atoms with van der Waals surface area (Å²) in [5, 5.41) is 0. The summed E-state index contributed by atoms with van der Waals surface area (Å²) in [4.78, 5) is 24.4. The van der Waals surface area contributed by atoms with Crippen LogP contribution in [0.3, 0.4) is 0 Å². The highest BCUT2D eigenvalue weighted by Crippen LogP contribution is 2.29. The van der Waals surface area contributed by atoms with Crippen molar-refractivity contribution in [2.75, 3.05) is 20.3 Å². The van der Waals surface area contributed by atoms with Crippen molar-refractivity contribution in [1.82, 2.24) is 0 Å². The van der Waals surface area contributed by atoms with Crippen LogP contribution in [0, 0.1) is 0 Å². The van der Waals surface area contributed by atoms with E-state index in [1.54, 1.807) is 45.2 Å². The first-order valence-corrected chi connectivity index (χ1v) is 6.49. The van der Waals surface area contributed by atoms with Gasteiger partial charge in [0.2, 0.25) is 0 Å². The first-order chi connectivity index (χ1) is 9.50. The monoisotopic (exact) mass is 280 g/mol. The molecule has 0 saturated carbocycles. The quantitative estimate of drug-likeness (QED) is 0.589. The number of carbonyl (C=O) groups is 2. The first kappa shape index (κ1) is 16.0. The van der Waals surface area contributed by atoms with Crippen LogP contribution in [0.25, 0.3) is 0 Å². The van der Waals surface area contributed by atoms with Gasteiger partial charge in [-0.05, 0) is 38.5 Å². The van der Waals surface area contributed by atoms with Crippen molar-refractivity contribution >= 4 is 11.9 Å². The van der Waals surface area contributed by atoms with E-state index in [4.69, 9.17) is 14.2 Å². The molecule has 0 unspecified atom stereocenters. The van der Waals surface area contributed by atoms with Crippen molar-refractivity contribution in [3.8, 4) is 5.75 Å². The summed E-state index contributed by atoms with van der Waals surface area (Å²) in [5.41, 5.74) is -0.964. The summed E-state index contributed by atoms with van der Waals surface area (Å²) in [5.74, 6) is -0.601. The van der Waals surface area contributed by atoms with Crippen LogP contribution >= 0.6 is 0 Å². The molecule has 1 rings (SSSR count). The predicted molar refractivity (Wildman–Crippen MR) is 73.6 cm³/mol. The Morgan fingerprint density at radius 2 is 1.45 bits per heavy atom. The molecule has 0 heterocycles. The number of ether oxygens (including phenoxy) is 3. The van der Waals surface area contributed by atoms with E-state index in [2.05, 4.69) is 0 Å². The Morgan fingerprint density at radius 3 is 1.80 bits per heavy atom. The van der Waals surface area contributed by atoms with E-state index in [1.807, 2.05) is 0 Å². The summed E-state index contributed by atoms with van der Waals surface area (Å²) in [6.07, 6.45) is 0. The lowest BCUT2D eigenvalue weighted by Crippen LogP contribution is -2.43. The van der Waals surface area contributed by atoms with Gasteiger partial charge in [-0.25, -0.2) is 0 Å². The predicted octanol–water partition coefficient (Wildman–Crippen LogP) is 2.08. The molecule has 0 saturated heterocycles. The molecule has 0 N–H and O–H groups in total. The highest BCUT2D eigenvalue weighted by atomic mass is 16.6. The average Bonchev–Trinajstić information content (AvgIpc) is 2.47. The van der Waals surface area contributed by atoms with Gasteiger partial charge < -0.3 is 14.2 Å². The fourth-order valence-electron chi connectivity index (χ4n) is 1.79. The molecule has 0 fully saturated rings. The van der Waals surface area contributed by atoms with Gasteiger partial charge in [-0.2, -0.15) is 0 Å². The Hall–Kier alpha value is -2.04. The Balaban J connectivity index is 3.20. The van der Waals surface area contributed by atoms with Crippen LogP contribution in [0.4, 0.5) is 0 Å². The van der Waals surface area contributed by atoms with Crippen LogP contribution < -0.4 is 4.74 Å². The Kier molecular flexibility index (Phi) is 5.55. The van der Waals surface area contributed by atoms with Gasteiger partial charge in [-0.1, -0.05) is 12.1 Å². The van der Waals surface area contributed by atoms with Gasteiger partial charge >= 0.3 is 11.9 Å². The van der Waals surface area contributed by atoms with E-state index in [0.29, 0.717) is 11.3 Å². The van der Waals surface area contributed by atoms with Crippen molar-refractivity contribution in [1.29, 1.82) is 0 Å². The molecule has 1 aromatic rings. The normalized spacial score (nSPS) is 10.8. The van der Waals surface area contributed by atoms with Gasteiger partial charge in [0.05, 0.1) is 20.3 Å². The summed E-state index contributed by atoms with van der Waals surface area (Å²) < 4.78 is 15.1. The van der Waals surface area contributed by atoms with Crippen LogP contribution in [-0.4, -0.2) is 32.3 Å². The van der Waals surface area contributed by atoms with E-state index in [-0.39, 0.29) is 13.2 Å². The molecule has 1 aromatic carbocycles. The number of methoxy groups -OCH3 is 1. The minimum atomic E-state index is -1.47. The van der Waals surface area contributed by atoms with Crippen molar-refractivity contribution in [3.63, 3.8) is 0 Å². The molecule has 0 bridgehead atoms. The molecule has 20 heavy (non-hydrogen) atoms. The maximum absolute atomic E-state index is 12.2. The van der Waals surface area contributed by atoms with E-state index in [9.17, 15) is 9.59 Å². The summed E-state index contributed by atoms with van der Waals surface area (Å²) in [7, 11) is 1.55. The molecule has 0 aliphatic heterocycles. The third-order valence-corrected chi connectivity index (χ3v) is 3.03. The molecular weight excluding hydrogens is 260 g/mol. The Morgan fingerprint density at radius 1 is 1.00 bits per heavy atom. The largest absolute Gasteiger partial charge is 0.497 e. The van der Waals surface area contributed by atoms with Crippen molar-refractivity contribution < 1.29 is 23.8 Å². The number of esters is 2. The van der Waals surface area contributed by atoms with Gasteiger partial charge in [0, 0.05) is 0 Å². The van der Waals surface area contributed by atoms with Crippen LogP contribution in [0.1, 0.15) is 26.3 Å². The molecule has 0 aromatic heterocycles. The van der Waals surface area contributed by atoms with E-state index < -0.39 is 17.4 Å². The minimum absolute atomic E-state index is 0.198. The highest BCUT2D eigenvalue weighted by Gasteiger charge is 2.46. The van der Waals surface area contributed by atoms with Gasteiger partial charge in [0.15, 0.2) is 5.41 Å². The van der Waals surface area contributed by atoms with Gasteiger partial charge in [-0.15, -0.1) is 0 Å². The van der Waals surface area contributed by atoms with Gasteiger partial charge in [-0.3, -0.25) is 9.59 Å². The molecule has 0 aliphatic carbocycles. The van der Waals surface area contributed by atoms with Crippen LogP contribution in [-0.2, 0) is 24.5 Å². The first-order valence-electron chi connectivity index (χ1n) is 6.49. The average molecular weight is 280 g/mol. The molecule has 110 valence electrons. The summed E-state index contributed by atoms with van der Waals surface area (Å²) in [6.45, 7) is 5.29. The third kappa shape index (κ3) is 3.10. The molecule has 0 spiro atoms. The number of carbonyl (C=O) groups excluding carboxylic acids is 2. The van der Waals surface area contributed by atoms with Crippen molar-refractivity contribution in [2.24, 2.45) is 0 Å². The lowest BCUT2D eigenvalue weighted by Gasteiger charge is -2.25. The topological polar surface area (TPSA) is 61.8 Å². The van der Waals surface area contributed by atoms with Gasteiger partial charge in [0.1, 0.15) is 5.75 Å². The minimum Gasteiger partial charge on any atom is -0.497 e. The van der Waals surface area contributed by atoms with Crippen LogP contribution in [0.5, 0.6) is 5.75 Å². The van der Waals surface area contributed by atoms with Crippen molar-refractivity contribution in [3.05, 3.63) is 29.8 Å². The Bertz CT molecular complexity index is 446. The fraction of sp³-hybridized carbons (Fsp3) is 0.467. The Labute approximate surface area is 118 Å². The van der Waals surface area contributed by atoms with Crippen LogP contribution in [0.2, 0.25) is 0 Å². The lowest BCUT2D eigenvalue weighted by molar-refractivity contribution is -0.163. The van der Waals surface area contributed by atoms with Gasteiger partial charge in [0.25, 0.3) is 0 Å². The molecule has 0 amide bonds. The van der Waals surface area contributed by atoms with E-state index in [1.165, 1.54) is 6.92 Å². The highest BCUT2D eigenvalue weighted by molar-refractivity contribution is 6.05. The van der Waals surface area contributed by atoms with Crippen LogP contribution in [0.15, 0.2) is 24.3 Å². The molecular formula is C15H20O5. The second kappa shape index (κ2) is 6.93. The zero-order valence-corrected chi connectivity index (χ0v) is 12.3. The fourth-order valence-corrected chi connectivity index (χ4v) is 1.79. The second-order valence-corrected chi connectivity index (χ2v) is 4.29. The number of hydrogen-bond donors (Lipinski definition) is 0. The van der Waals surface area contributed by atoms with E-state index >= 15 is 0 Å². The number of hydrogen-bond acceptors (Lipinski definition) is 5. The summed E-state index contributed by atoms with van der Waals surface area (Å²) >= 11 is 0. The second-order valence-electron chi connectivity index (χ2n) is 4.29. The number of rotatable bonds is 6. The zero-order chi connectivity index (χ0) is 15.2. The molecule has 5 heteroatoms. The molecule has 5 nitrogen and oxygen atoms in total. The zero-order valence-electron chi connectivity index (χ0n) is 12.3. The third-order valence-electron chi connectivity index (χ3n) is 3.03. The molecule has 0 radical (unpaired) electrons. The summed E-state index contributed by atoms with van der Waals surface area (Å²) in [6, 6.07) is 6.69. The lowest BCUT2D eigenvalue weighted by atomic mass is 9.82. The maximum atomic E-state index is 12.2. The smallest absolute Gasteiger partial charge is 0.327 e. The maximum Gasteiger partial charge on any atom is 0.327 e. The standard InChI is InChI=1S/C15H20O5/c1-5-19-13(16)15(3,14(17)20-6-2)11-7-9-12(18-4)10-8-11/h7-10H,5-6H2,1-4H3. The number of benzene rings is 1. The van der Waals surface area contributed by atoms with Crippen molar-refractivity contribution in [2.45, 2.75) is 26.2 Å².